The van der Waals surface area contributed by atoms with Crippen LogP contribution in [0.5, 0.6) is 5.75 Å². The van der Waals surface area contributed by atoms with Gasteiger partial charge in [0.15, 0.2) is 0 Å². The number of anilines is 1. The zero-order valence-corrected chi connectivity index (χ0v) is 13.6. The normalized spacial score (nSPS) is 19.6. The maximum Gasteiger partial charge on any atom is 0.240 e. The van der Waals surface area contributed by atoms with E-state index in [0.717, 1.165) is 25.9 Å². The highest BCUT2D eigenvalue weighted by Gasteiger charge is 2.57. The molecule has 2 fully saturated rings. The molecule has 0 aromatic heterocycles. The molecule has 124 valence electrons. The second kappa shape index (κ2) is 6.60. The topological polar surface area (TPSA) is 58.6 Å². The lowest BCUT2D eigenvalue weighted by molar-refractivity contribution is -0.142. The van der Waals surface area contributed by atoms with Gasteiger partial charge in [0.25, 0.3) is 0 Å². The molecule has 0 radical (unpaired) electrons. The summed E-state index contributed by atoms with van der Waals surface area (Å²) in [5.74, 6) is 0.520. The number of amides is 2. The number of rotatable bonds is 4. The Hall–Kier alpha value is -2.04. The smallest absolute Gasteiger partial charge is 0.240 e. The second-order valence-corrected chi connectivity index (χ2v) is 6.47. The first-order chi connectivity index (χ1) is 11.2. The van der Waals surface area contributed by atoms with Crippen molar-refractivity contribution in [1.82, 2.24) is 4.90 Å². The summed E-state index contributed by atoms with van der Waals surface area (Å²) < 4.78 is 5.17. The maximum absolute atomic E-state index is 12.8. The van der Waals surface area contributed by atoms with Crippen molar-refractivity contribution in [2.75, 3.05) is 25.5 Å². The van der Waals surface area contributed by atoms with Crippen molar-refractivity contribution < 1.29 is 14.3 Å². The van der Waals surface area contributed by atoms with Crippen molar-refractivity contribution in [2.45, 2.75) is 38.5 Å². The minimum Gasteiger partial charge on any atom is -0.497 e. The van der Waals surface area contributed by atoms with Crippen LogP contribution in [0.2, 0.25) is 0 Å². The molecule has 1 saturated carbocycles. The number of carbonyl (C=O) groups is 2. The van der Waals surface area contributed by atoms with Crippen LogP contribution in [0.15, 0.2) is 24.3 Å². The zero-order chi connectivity index (χ0) is 16.3. The minimum absolute atomic E-state index is 0.0137. The molecule has 1 aromatic rings. The van der Waals surface area contributed by atoms with Crippen LogP contribution in [0, 0.1) is 5.41 Å². The lowest BCUT2D eigenvalue weighted by Crippen LogP contribution is -2.43. The predicted molar refractivity (Wildman–Crippen MR) is 88.3 cm³/mol. The minimum atomic E-state index is -0.840. The van der Waals surface area contributed by atoms with Crippen molar-refractivity contribution in [3.05, 3.63) is 24.3 Å². The number of hydrogen-bond acceptors (Lipinski definition) is 3. The van der Waals surface area contributed by atoms with Gasteiger partial charge in [-0.2, -0.15) is 0 Å². The van der Waals surface area contributed by atoms with E-state index in [1.807, 2.05) is 23.1 Å². The molecule has 5 heteroatoms. The van der Waals surface area contributed by atoms with Crippen LogP contribution in [-0.4, -0.2) is 36.9 Å². The van der Waals surface area contributed by atoms with Crippen molar-refractivity contribution in [3.8, 4) is 5.75 Å². The SMILES string of the molecule is COc1cccc(NC(=O)C2(C(=O)N3CCCCCC3)CC2)c1. The number of carbonyl (C=O) groups excluding carboxylic acids is 2. The summed E-state index contributed by atoms with van der Waals surface area (Å²) in [6, 6.07) is 7.23. The highest BCUT2D eigenvalue weighted by Crippen LogP contribution is 2.48. The van der Waals surface area contributed by atoms with Crippen LogP contribution in [0.25, 0.3) is 0 Å². The molecule has 1 N–H and O–H groups in total. The highest BCUT2D eigenvalue weighted by molar-refractivity contribution is 6.13. The predicted octanol–water partition coefficient (Wildman–Crippen LogP) is 2.82. The van der Waals surface area contributed by atoms with E-state index in [-0.39, 0.29) is 11.8 Å². The maximum atomic E-state index is 12.8. The highest BCUT2D eigenvalue weighted by atomic mass is 16.5. The van der Waals surface area contributed by atoms with Gasteiger partial charge in [0, 0.05) is 24.8 Å². The van der Waals surface area contributed by atoms with E-state index in [2.05, 4.69) is 5.32 Å². The van der Waals surface area contributed by atoms with Gasteiger partial charge in [0.05, 0.1) is 7.11 Å². The summed E-state index contributed by atoms with van der Waals surface area (Å²) >= 11 is 0. The van der Waals surface area contributed by atoms with Gasteiger partial charge in [-0.3, -0.25) is 9.59 Å². The van der Waals surface area contributed by atoms with Gasteiger partial charge in [0.1, 0.15) is 11.2 Å². The first-order valence-electron chi connectivity index (χ1n) is 8.41. The van der Waals surface area contributed by atoms with E-state index in [1.165, 1.54) is 12.8 Å². The quantitative estimate of drug-likeness (QED) is 0.869. The lowest BCUT2D eigenvalue weighted by atomic mass is 10.0. The number of methoxy groups -OCH3 is 1. The number of benzene rings is 1. The molecule has 0 bridgehead atoms. The van der Waals surface area contributed by atoms with Crippen molar-refractivity contribution in [1.29, 1.82) is 0 Å². The summed E-state index contributed by atoms with van der Waals surface area (Å²) in [6.07, 6.45) is 5.73. The number of ether oxygens (including phenoxy) is 1. The molecule has 23 heavy (non-hydrogen) atoms. The van der Waals surface area contributed by atoms with Gasteiger partial charge in [0.2, 0.25) is 11.8 Å². The molecule has 0 unspecified atom stereocenters. The van der Waals surface area contributed by atoms with E-state index in [4.69, 9.17) is 4.74 Å². The van der Waals surface area contributed by atoms with Crippen molar-refractivity contribution >= 4 is 17.5 Å². The third-order valence-electron chi connectivity index (χ3n) is 4.81. The molecule has 1 saturated heterocycles. The van der Waals surface area contributed by atoms with E-state index < -0.39 is 5.41 Å². The monoisotopic (exact) mass is 316 g/mol. The van der Waals surface area contributed by atoms with Crippen LogP contribution in [0.3, 0.4) is 0 Å². The summed E-state index contributed by atoms with van der Waals surface area (Å²) in [5.41, 5.74) is -0.169. The molecule has 1 aromatic carbocycles. The van der Waals surface area contributed by atoms with Gasteiger partial charge in [-0.05, 0) is 37.8 Å². The lowest BCUT2D eigenvalue weighted by Gasteiger charge is -2.25. The van der Waals surface area contributed by atoms with E-state index in [0.29, 0.717) is 24.3 Å². The Morgan fingerprint density at radius 1 is 1.13 bits per heavy atom. The van der Waals surface area contributed by atoms with Crippen LogP contribution in [0.4, 0.5) is 5.69 Å². The summed E-state index contributed by atoms with van der Waals surface area (Å²) in [4.78, 5) is 27.4. The average molecular weight is 316 g/mol. The first kappa shape index (κ1) is 15.8. The summed E-state index contributed by atoms with van der Waals surface area (Å²) in [6.45, 7) is 1.57. The fraction of sp³-hybridized carbons (Fsp3) is 0.556. The third kappa shape index (κ3) is 3.33. The molecule has 5 nitrogen and oxygen atoms in total. The number of likely N-dealkylation sites (tertiary alicyclic amines) is 1. The largest absolute Gasteiger partial charge is 0.497 e. The molecular formula is C18H24N2O3. The zero-order valence-electron chi connectivity index (χ0n) is 13.6. The van der Waals surface area contributed by atoms with Crippen molar-refractivity contribution in [2.24, 2.45) is 5.41 Å². The fourth-order valence-electron chi connectivity index (χ4n) is 3.19. The van der Waals surface area contributed by atoms with E-state index >= 15 is 0 Å². The molecule has 1 heterocycles. The molecule has 2 amide bonds. The summed E-state index contributed by atoms with van der Waals surface area (Å²) in [5, 5.41) is 2.89. The Balaban J connectivity index is 1.69. The second-order valence-electron chi connectivity index (χ2n) is 6.47. The van der Waals surface area contributed by atoms with Gasteiger partial charge in [-0.25, -0.2) is 0 Å². The van der Waals surface area contributed by atoms with Gasteiger partial charge >= 0.3 is 0 Å². The first-order valence-corrected chi connectivity index (χ1v) is 8.41. The Morgan fingerprint density at radius 3 is 2.43 bits per heavy atom. The Bertz CT molecular complexity index is 588. The van der Waals surface area contributed by atoms with Crippen LogP contribution in [-0.2, 0) is 9.59 Å². The van der Waals surface area contributed by atoms with Crippen LogP contribution in [0.1, 0.15) is 38.5 Å². The van der Waals surface area contributed by atoms with E-state index in [1.54, 1.807) is 13.2 Å². The van der Waals surface area contributed by atoms with E-state index in [9.17, 15) is 9.59 Å². The van der Waals surface area contributed by atoms with Gasteiger partial charge in [-0.15, -0.1) is 0 Å². The molecule has 1 aliphatic carbocycles. The molecule has 0 spiro atoms. The molecule has 2 aliphatic rings. The third-order valence-corrected chi connectivity index (χ3v) is 4.81. The number of nitrogens with zero attached hydrogens (tertiary/aromatic N) is 1. The van der Waals surface area contributed by atoms with Crippen LogP contribution >= 0.6 is 0 Å². The molecule has 1 aliphatic heterocycles. The molecular weight excluding hydrogens is 292 g/mol. The average Bonchev–Trinajstić information content (AvgIpc) is 3.39. The Kier molecular flexibility index (Phi) is 4.55. The summed E-state index contributed by atoms with van der Waals surface area (Å²) in [7, 11) is 1.59. The standard InChI is InChI=1S/C18H24N2O3/c1-23-15-8-6-7-14(13-15)19-16(21)18(9-10-18)17(22)20-11-4-2-3-5-12-20/h6-8,13H,2-5,9-12H2,1H3,(H,19,21). The van der Waals surface area contributed by atoms with Crippen molar-refractivity contribution in [3.63, 3.8) is 0 Å². The molecule has 0 atom stereocenters. The molecule has 3 rings (SSSR count). The fourth-order valence-corrected chi connectivity index (χ4v) is 3.19. The number of nitrogens with one attached hydrogen (secondary N) is 1. The van der Waals surface area contributed by atoms with Gasteiger partial charge in [-0.1, -0.05) is 18.9 Å². The van der Waals surface area contributed by atoms with Gasteiger partial charge < -0.3 is 15.0 Å². The number of hydrogen-bond donors (Lipinski definition) is 1. The Morgan fingerprint density at radius 2 is 1.83 bits per heavy atom. The van der Waals surface area contributed by atoms with Crippen LogP contribution < -0.4 is 10.1 Å². The Labute approximate surface area is 137 Å².